The van der Waals surface area contributed by atoms with Gasteiger partial charge in [-0.1, -0.05) is 12.1 Å². The lowest BCUT2D eigenvalue weighted by atomic mass is 10.1. The Labute approximate surface area is 88.1 Å². The highest BCUT2D eigenvalue weighted by molar-refractivity contribution is 6.13. The van der Waals surface area contributed by atoms with E-state index in [1.807, 2.05) is 12.1 Å². The van der Waals surface area contributed by atoms with Gasteiger partial charge >= 0.3 is 5.97 Å². The third-order valence-corrected chi connectivity index (χ3v) is 2.05. The third kappa shape index (κ3) is 3.01. The number of carbonyl (C=O) groups is 1. The van der Waals surface area contributed by atoms with Crippen molar-refractivity contribution in [1.29, 1.82) is 0 Å². The lowest BCUT2D eigenvalue weighted by Gasteiger charge is -2.02. The Morgan fingerprint density at radius 2 is 2.36 bits per heavy atom. The second-order valence-corrected chi connectivity index (χ2v) is 3.09. The van der Waals surface area contributed by atoms with Crippen LogP contribution in [0.4, 0.5) is 0 Å². The van der Waals surface area contributed by atoms with Gasteiger partial charge in [-0.05, 0) is 35.9 Å². The van der Waals surface area contributed by atoms with Gasteiger partial charge in [0.1, 0.15) is 0 Å². The molecule has 1 N–H and O–H groups in total. The summed E-state index contributed by atoms with van der Waals surface area (Å²) >= 11 is 5.34. The molecule has 0 bridgehead atoms. The molecule has 0 heterocycles. The Balaban J connectivity index is 2.73. The normalized spacial score (nSPS) is 9.86. The van der Waals surface area contributed by atoms with Gasteiger partial charge in [0.25, 0.3) is 0 Å². The summed E-state index contributed by atoms with van der Waals surface area (Å²) in [5.74, 6) is -0.314. The van der Waals surface area contributed by atoms with Crippen LogP contribution in [0.15, 0.2) is 24.3 Å². The number of hydrogen-bond donors (Lipinski definition) is 1. The fourth-order valence-electron chi connectivity index (χ4n) is 1.16. The van der Waals surface area contributed by atoms with Gasteiger partial charge in [0.2, 0.25) is 0 Å². The molecule has 0 amide bonds. The maximum atomic E-state index is 11.2. The quantitative estimate of drug-likeness (QED) is 0.612. The molecular formula is C10H12ClNO2. The van der Waals surface area contributed by atoms with Crippen molar-refractivity contribution in [1.82, 2.24) is 4.84 Å². The van der Waals surface area contributed by atoms with E-state index in [-0.39, 0.29) is 5.97 Å². The number of benzene rings is 1. The van der Waals surface area contributed by atoms with Gasteiger partial charge in [0.15, 0.2) is 0 Å². The SMILES string of the molecule is COC(=O)c1cccc(CCNCl)c1. The number of rotatable bonds is 4. The summed E-state index contributed by atoms with van der Waals surface area (Å²) in [5.41, 5.74) is 1.63. The Morgan fingerprint density at radius 1 is 1.57 bits per heavy atom. The largest absolute Gasteiger partial charge is 0.465 e. The summed E-state index contributed by atoms with van der Waals surface area (Å²) in [6.07, 6.45) is 0.786. The van der Waals surface area contributed by atoms with Crippen LogP contribution in [-0.2, 0) is 11.2 Å². The van der Waals surface area contributed by atoms with Crippen LogP contribution < -0.4 is 4.84 Å². The first kappa shape index (κ1) is 11.0. The highest BCUT2D eigenvalue weighted by Crippen LogP contribution is 2.06. The lowest BCUT2D eigenvalue weighted by molar-refractivity contribution is 0.0600. The van der Waals surface area contributed by atoms with Crippen molar-refractivity contribution in [2.45, 2.75) is 6.42 Å². The van der Waals surface area contributed by atoms with E-state index < -0.39 is 0 Å². The molecule has 0 spiro atoms. The van der Waals surface area contributed by atoms with E-state index in [9.17, 15) is 4.79 Å². The van der Waals surface area contributed by atoms with Crippen LogP contribution in [0.2, 0.25) is 0 Å². The Hall–Kier alpha value is -1.06. The predicted molar refractivity (Wildman–Crippen MR) is 55.3 cm³/mol. The maximum Gasteiger partial charge on any atom is 0.337 e. The number of ether oxygens (including phenoxy) is 1. The number of carbonyl (C=O) groups excluding carboxylic acids is 1. The van der Waals surface area contributed by atoms with Gasteiger partial charge in [0, 0.05) is 6.54 Å². The van der Waals surface area contributed by atoms with Gasteiger partial charge in [-0.15, -0.1) is 0 Å². The first-order valence-electron chi connectivity index (χ1n) is 4.28. The van der Waals surface area contributed by atoms with Crippen molar-refractivity contribution in [3.63, 3.8) is 0 Å². The zero-order valence-electron chi connectivity index (χ0n) is 7.92. The molecule has 0 aliphatic rings. The summed E-state index contributed by atoms with van der Waals surface area (Å²) in [7, 11) is 1.37. The van der Waals surface area contributed by atoms with E-state index in [0.717, 1.165) is 12.0 Å². The number of methoxy groups -OCH3 is 1. The van der Waals surface area contributed by atoms with E-state index in [1.54, 1.807) is 12.1 Å². The molecule has 0 aliphatic heterocycles. The molecule has 14 heavy (non-hydrogen) atoms. The number of hydrogen-bond acceptors (Lipinski definition) is 3. The lowest BCUT2D eigenvalue weighted by Crippen LogP contribution is -2.06. The van der Waals surface area contributed by atoms with Gasteiger partial charge in [-0.3, -0.25) is 0 Å². The van der Waals surface area contributed by atoms with Crippen LogP contribution in [0.5, 0.6) is 0 Å². The van der Waals surface area contributed by atoms with Crippen LogP contribution >= 0.6 is 11.8 Å². The molecule has 76 valence electrons. The molecule has 1 aromatic carbocycles. The number of halogens is 1. The van der Waals surface area contributed by atoms with Crippen molar-refractivity contribution < 1.29 is 9.53 Å². The fraction of sp³-hybridized carbons (Fsp3) is 0.300. The summed E-state index contributed by atoms with van der Waals surface area (Å²) in [5, 5.41) is 0. The molecule has 1 rings (SSSR count). The minimum absolute atomic E-state index is 0.314. The minimum atomic E-state index is -0.314. The van der Waals surface area contributed by atoms with E-state index in [2.05, 4.69) is 9.57 Å². The molecule has 0 saturated heterocycles. The third-order valence-electron chi connectivity index (χ3n) is 1.86. The average molecular weight is 214 g/mol. The highest BCUT2D eigenvalue weighted by atomic mass is 35.5. The van der Waals surface area contributed by atoms with Crippen molar-refractivity contribution in [3.05, 3.63) is 35.4 Å². The van der Waals surface area contributed by atoms with Gasteiger partial charge in [-0.25, -0.2) is 9.63 Å². The molecule has 4 heteroatoms. The molecule has 0 unspecified atom stereocenters. The zero-order chi connectivity index (χ0) is 10.4. The Kier molecular flexibility index (Phi) is 4.43. The summed E-state index contributed by atoms with van der Waals surface area (Å²) < 4.78 is 4.62. The van der Waals surface area contributed by atoms with E-state index in [4.69, 9.17) is 11.8 Å². The summed E-state index contributed by atoms with van der Waals surface area (Å²) in [6, 6.07) is 7.31. The number of nitrogens with one attached hydrogen (secondary N) is 1. The van der Waals surface area contributed by atoms with Crippen molar-refractivity contribution in [2.24, 2.45) is 0 Å². The highest BCUT2D eigenvalue weighted by Gasteiger charge is 2.04. The fourth-order valence-corrected chi connectivity index (χ4v) is 1.26. The summed E-state index contributed by atoms with van der Waals surface area (Å²) in [6.45, 7) is 0.673. The monoisotopic (exact) mass is 213 g/mol. The van der Waals surface area contributed by atoms with Gasteiger partial charge in [-0.2, -0.15) is 0 Å². The predicted octanol–water partition coefficient (Wildman–Crippen LogP) is 1.76. The topological polar surface area (TPSA) is 38.3 Å². The van der Waals surface area contributed by atoms with Crippen molar-refractivity contribution >= 4 is 17.7 Å². The Bertz CT molecular complexity index is 315. The van der Waals surface area contributed by atoms with Gasteiger partial charge < -0.3 is 4.74 Å². The second kappa shape index (κ2) is 5.62. The van der Waals surface area contributed by atoms with Crippen molar-refractivity contribution in [3.8, 4) is 0 Å². The smallest absolute Gasteiger partial charge is 0.337 e. The van der Waals surface area contributed by atoms with Crippen LogP contribution in [0.1, 0.15) is 15.9 Å². The maximum absolute atomic E-state index is 11.2. The molecule has 0 saturated carbocycles. The van der Waals surface area contributed by atoms with Crippen LogP contribution in [0.3, 0.4) is 0 Å². The first-order valence-corrected chi connectivity index (χ1v) is 4.66. The van der Waals surface area contributed by atoms with E-state index >= 15 is 0 Å². The molecule has 3 nitrogen and oxygen atoms in total. The molecular weight excluding hydrogens is 202 g/mol. The Morgan fingerprint density at radius 3 is 3.00 bits per heavy atom. The van der Waals surface area contributed by atoms with Crippen molar-refractivity contribution in [2.75, 3.05) is 13.7 Å². The zero-order valence-corrected chi connectivity index (χ0v) is 8.67. The average Bonchev–Trinajstić information content (AvgIpc) is 2.25. The van der Waals surface area contributed by atoms with Gasteiger partial charge in [0.05, 0.1) is 12.7 Å². The van der Waals surface area contributed by atoms with Crippen LogP contribution in [0.25, 0.3) is 0 Å². The minimum Gasteiger partial charge on any atom is -0.465 e. The molecule has 0 aliphatic carbocycles. The molecule has 0 radical (unpaired) electrons. The van der Waals surface area contributed by atoms with Crippen LogP contribution in [-0.4, -0.2) is 19.6 Å². The number of esters is 1. The first-order chi connectivity index (χ1) is 6.77. The molecule has 0 aromatic heterocycles. The summed E-state index contributed by atoms with van der Waals surface area (Å²) in [4.78, 5) is 13.7. The molecule has 0 fully saturated rings. The van der Waals surface area contributed by atoms with E-state index in [0.29, 0.717) is 12.1 Å². The molecule has 0 atom stereocenters. The van der Waals surface area contributed by atoms with E-state index in [1.165, 1.54) is 7.11 Å². The van der Waals surface area contributed by atoms with Crippen LogP contribution in [0, 0.1) is 0 Å². The standard InChI is InChI=1S/C10H12ClNO2/c1-14-10(13)9-4-2-3-8(7-9)5-6-12-11/h2-4,7,12H,5-6H2,1H3. The second-order valence-electron chi connectivity index (χ2n) is 2.83. The molecule has 1 aromatic rings.